The highest BCUT2D eigenvalue weighted by molar-refractivity contribution is 9.10. The van der Waals surface area contributed by atoms with Crippen molar-refractivity contribution in [3.63, 3.8) is 0 Å². The molecule has 116 valence electrons. The minimum Gasteiger partial charge on any atom is -0.471 e. The van der Waals surface area contributed by atoms with Gasteiger partial charge < -0.3 is 14.1 Å². The van der Waals surface area contributed by atoms with Crippen LogP contribution in [0.25, 0.3) is 0 Å². The van der Waals surface area contributed by atoms with Crippen molar-refractivity contribution in [3.8, 4) is 5.88 Å². The lowest BCUT2D eigenvalue weighted by atomic mass is 10.1. The first-order chi connectivity index (χ1) is 10.6. The molecule has 1 saturated heterocycles. The smallest absolute Gasteiger partial charge is 0.289 e. The molecule has 0 aromatic carbocycles. The van der Waals surface area contributed by atoms with Crippen LogP contribution >= 0.6 is 15.9 Å². The summed E-state index contributed by atoms with van der Waals surface area (Å²) in [6, 6.07) is 7.04. The van der Waals surface area contributed by atoms with E-state index >= 15 is 0 Å². The summed E-state index contributed by atoms with van der Waals surface area (Å²) in [6.45, 7) is 3.10. The molecule has 22 heavy (non-hydrogen) atoms. The molecule has 1 unspecified atom stereocenters. The summed E-state index contributed by atoms with van der Waals surface area (Å²) in [5, 5.41) is 7.98. The molecule has 1 aliphatic heterocycles. The number of furan rings is 1. The Labute approximate surface area is 136 Å². The van der Waals surface area contributed by atoms with E-state index in [-0.39, 0.29) is 12.0 Å². The van der Waals surface area contributed by atoms with E-state index in [9.17, 15) is 4.79 Å². The minimum absolute atomic E-state index is 0.0758. The summed E-state index contributed by atoms with van der Waals surface area (Å²) in [7, 11) is 0. The molecule has 2 aromatic rings. The van der Waals surface area contributed by atoms with Crippen molar-refractivity contribution in [2.75, 3.05) is 13.1 Å². The van der Waals surface area contributed by atoms with Crippen molar-refractivity contribution in [2.45, 2.75) is 25.9 Å². The largest absolute Gasteiger partial charge is 0.471 e. The molecule has 6 nitrogen and oxygen atoms in total. The Morgan fingerprint density at radius 2 is 2.23 bits per heavy atom. The maximum atomic E-state index is 12.4. The molecule has 1 atom stereocenters. The van der Waals surface area contributed by atoms with Gasteiger partial charge in [-0.3, -0.25) is 4.79 Å². The van der Waals surface area contributed by atoms with E-state index in [1.54, 1.807) is 23.1 Å². The molecule has 1 amide bonds. The van der Waals surface area contributed by atoms with Gasteiger partial charge in [0.15, 0.2) is 10.4 Å². The molecule has 0 saturated carbocycles. The highest BCUT2D eigenvalue weighted by atomic mass is 79.9. The van der Waals surface area contributed by atoms with Gasteiger partial charge in [-0.2, -0.15) is 5.10 Å². The van der Waals surface area contributed by atoms with Gasteiger partial charge in [0, 0.05) is 12.6 Å². The molecule has 1 fully saturated rings. The van der Waals surface area contributed by atoms with Gasteiger partial charge >= 0.3 is 0 Å². The third-order valence-corrected chi connectivity index (χ3v) is 3.94. The number of aryl methyl sites for hydroxylation is 1. The lowest BCUT2D eigenvalue weighted by molar-refractivity contribution is 0.0497. The molecule has 7 heteroatoms. The lowest BCUT2D eigenvalue weighted by Gasteiger charge is -2.32. The summed E-state index contributed by atoms with van der Waals surface area (Å²) in [6.07, 6.45) is 1.70. The van der Waals surface area contributed by atoms with E-state index in [1.807, 2.05) is 13.0 Å². The van der Waals surface area contributed by atoms with Crippen molar-refractivity contribution < 1.29 is 13.9 Å². The number of halogens is 1. The van der Waals surface area contributed by atoms with Gasteiger partial charge in [0.1, 0.15) is 6.10 Å². The zero-order chi connectivity index (χ0) is 15.5. The van der Waals surface area contributed by atoms with Gasteiger partial charge in [-0.1, -0.05) is 0 Å². The van der Waals surface area contributed by atoms with Crippen LogP contribution < -0.4 is 4.74 Å². The number of amides is 1. The van der Waals surface area contributed by atoms with Crippen molar-refractivity contribution in [1.82, 2.24) is 15.1 Å². The normalized spacial score (nSPS) is 18.3. The van der Waals surface area contributed by atoms with Gasteiger partial charge in [0.05, 0.1) is 12.2 Å². The minimum atomic E-state index is -0.117. The summed E-state index contributed by atoms with van der Waals surface area (Å²) >= 11 is 3.21. The van der Waals surface area contributed by atoms with Crippen molar-refractivity contribution >= 4 is 21.8 Å². The number of carbonyl (C=O) groups is 1. The number of hydrogen-bond donors (Lipinski definition) is 0. The number of rotatable bonds is 3. The van der Waals surface area contributed by atoms with Crippen LogP contribution in [-0.4, -0.2) is 40.2 Å². The topological polar surface area (TPSA) is 68.5 Å². The predicted octanol–water partition coefficient (Wildman–Crippen LogP) is 2.82. The molecule has 0 spiro atoms. The van der Waals surface area contributed by atoms with Crippen molar-refractivity contribution in [3.05, 3.63) is 40.4 Å². The van der Waals surface area contributed by atoms with E-state index in [1.165, 1.54) is 0 Å². The second-order valence-electron chi connectivity index (χ2n) is 5.25. The van der Waals surface area contributed by atoms with Crippen molar-refractivity contribution in [2.24, 2.45) is 0 Å². The monoisotopic (exact) mass is 365 g/mol. The number of ether oxygens (including phenoxy) is 1. The van der Waals surface area contributed by atoms with Crippen LogP contribution in [0, 0.1) is 6.92 Å². The zero-order valence-corrected chi connectivity index (χ0v) is 13.7. The zero-order valence-electron chi connectivity index (χ0n) is 12.2. The molecule has 0 aliphatic carbocycles. The van der Waals surface area contributed by atoms with E-state index in [0.29, 0.717) is 29.4 Å². The summed E-state index contributed by atoms with van der Waals surface area (Å²) in [4.78, 5) is 14.1. The Kier molecular flexibility index (Phi) is 4.42. The van der Waals surface area contributed by atoms with Crippen LogP contribution in [0.4, 0.5) is 0 Å². The predicted molar refractivity (Wildman–Crippen MR) is 82.7 cm³/mol. The van der Waals surface area contributed by atoms with Gasteiger partial charge in [0.25, 0.3) is 5.91 Å². The Balaban J connectivity index is 1.63. The maximum absolute atomic E-state index is 12.4. The number of carbonyl (C=O) groups excluding carboxylic acids is 1. The average molecular weight is 366 g/mol. The van der Waals surface area contributed by atoms with E-state index in [4.69, 9.17) is 9.15 Å². The Morgan fingerprint density at radius 1 is 1.36 bits per heavy atom. The van der Waals surface area contributed by atoms with Gasteiger partial charge in [-0.15, -0.1) is 5.10 Å². The third-order valence-electron chi connectivity index (χ3n) is 3.51. The van der Waals surface area contributed by atoms with E-state index in [2.05, 4.69) is 26.1 Å². The number of piperidine rings is 1. The Hall–Kier alpha value is -1.89. The molecular formula is C15H16BrN3O3. The van der Waals surface area contributed by atoms with Gasteiger partial charge in [-0.05, 0) is 53.9 Å². The fourth-order valence-electron chi connectivity index (χ4n) is 2.42. The first-order valence-electron chi connectivity index (χ1n) is 7.13. The number of hydrogen-bond acceptors (Lipinski definition) is 5. The fourth-order valence-corrected chi connectivity index (χ4v) is 2.73. The lowest BCUT2D eigenvalue weighted by Crippen LogP contribution is -2.44. The second-order valence-corrected chi connectivity index (χ2v) is 6.03. The Morgan fingerprint density at radius 3 is 2.91 bits per heavy atom. The van der Waals surface area contributed by atoms with E-state index < -0.39 is 0 Å². The van der Waals surface area contributed by atoms with Crippen molar-refractivity contribution in [1.29, 1.82) is 0 Å². The van der Waals surface area contributed by atoms with Crippen LogP contribution in [0.2, 0.25) is 0 Å². The summed E-state index contributed by atoms with van der Waals surface area (Å²) in [5.74, 6) is 0.710. The van der Waals surface area contributed by atoms with Crippen LogP contribution in [0.5, 0.6) is 5.88 Å². The molecule has 3 heterocycles. The second kappa shape index (κ2) is 6.48. The molecule has 3 rings (SSSR count). The highest BCUT2D eigenvalue weighted by Crippen LogP contribution is 2.20. The van der Waals surface area contributed by atoms with Crippen LogP contribution in [0.1, 0.15) is 29.1 Å². The molecular weight excluding hydrogens is 350 g/mol. The van der Waals surface area contributed by atoms with Crippen LogP contribution in [0.3, 0.4) is 0 Å². The fraction of sp³-hybridized carbons (Fsp3) is 0.400. The summed E-state index contributed by atoms with van der Waals surface area (Å²) in [5.41, 5.74) is 0.844. The standard InChI is InChI=1S/C15H16BrN3O3/c1-10-4-7-14(18-17-10)21-11-3-2-8-19(9-11)15(20)12-5-6-13(16)22-12/h4-7,11H,2-3,8-9H2,1H3. The van der Waals surface area contributed by atoms with E-state index in [0.717, 1.165) is 18.5 Å². The summed E-state index contributed by atoms with van der Waals surface area (Å²) < 4.78 is 11.7. The molecule has 2 aromatic heterocycles. The molecule has 0 radical (unpaired) electrons. The third kappa shape index (κ3) is 3.47. The van der Waals surface area contributed by atoms with Crippen LogP contribution in [-0.2, 0) is 0 Å². The Bertz CT molecular complexity index is 656. The van der Waals surface area contributed by atoms with Gasteiger partial charge in [-0.25, -0.2) is 0 Å². The quantitative estimate of drug-likeness (QED) is 0.836. The maximum Gasteiger partial charge on any atom is 0.289 e. The SMILES string of the molecule is Cc1ccc(OC2CCCN(C(=O)c3ccc(Br)o3)C2)nn1. The van der Waals surface area contributed by atoms with Crippen LogP contribution in [0.15, 0.2) is 33.4 Å². The first-order valence-corrected chi connectivity index (χ1v) is 7.93. The molecule has 0 N–H and O–H groups in total. The molecule has 1 aliphatic rings. The first kappa shape index (κ1) is 15.0. The highest BCUT2D eigenvalue weighted by Gasteiger charge is 2.27. The molecule has 0 bridgehead atoms. The number of likely N-dealkylation sites (tertiary alicyclic amines) is 1. The van der Waals surface area contributed by atoms with Gasteiger partial charge in [0.2, 0.25) is 5.88 Å². The number of nitrogens with zero attached hydrogens (tertiary/aromatic N) is 3. The average Bonchev–Trinajstić information content (AvgIpc) is 2.96. The number of aromatic nitrogens is 2.